The number of thiazole rings is 1. The van der Waals surface area contributed by atoms with Crippen molar-refractivity contribution in [2.45, 2.75) is 137 Å². The van der Waals surface area contributed by atoms with E-state index in [-0.39, 0.29) is 73.6 Å². The Bertz CT molecular complexity index is 1710. The van der Waals surface area contributed by atoms with Crippen molar-refractivity contribution in [3.63, 3.8) is 0 Å². The van der Waals surface area contributed by atoms with Crippen LogP contribution >= 0.6 is 11.3 Å². The molecule has 15 heteroatoms. The molecule has 59 heavy (non-hydrogen) atoms. The van der Waals surface area contributed by atoms with E-state index in [4.69, 9.17) is 15.2 Å². The number of piperidine rings is 1. The van der Waals surface area contributed by atoms with Gasteiger partial charge in [0.05, 0.1) is 12.0 Å². The summed E-state index contributed by atoms with van der Waals surface area (Å²) >= 11 is 1.12. The molecule has 1 fully saturated rings. The first kappa shape index (κ1) is 49.0. The smallest absolute Gasteiger partial charge is 0.307 e. The number of aromatic nitrogens is 1. The zero-order chi connectivity index (χ0) is 44.0. The Morgan fingerprint density at radius 2 is 1.69 bits per heavy atom. The number of aliphatic carboxylic acids is 1. The van der Waals surface area contributed by atoms with Crippen LogP contribution < -0.4 is 11.1 Å². The first-order valence-electron chi connectivity index (χ1n) is 21.0. The average molecular weight is 842 g/mol. The molecule has 0 spiro atoms. The number of nitrogens with one attached hydrogen (secondary N) is 1. The number of carboxylic acid groups (broad SMARTS) is 1. The molecule has 14 nitrogen and oxygen atoms in total. The Morgan fingerprint density at radius 3 is 2.27 bits per heavy atom. The molecule has 0 bridgehead atoms. The number of likely N-dealkylation sites (tertiary alicyclic amines) is 1. The fourth-order valence-electron chi connectivity index (χ4n) is 7.56. The maximum Gasteiger partial charge on any atom is 0.307 e. The number of carbonyl (C=O) groups is 6. The first-order chi connectivity index (χ1) is 27.8. The van der Waals surface area contributed by atoms with Gasteiger partial charge in [-0.1, -0.05) is 73.4 Å². The topological polar surface area (TPSA) is 199 Å². The third-order valence-corrected chi connectivity index (χ3v) is 12.2. The number of carboxylic acids is 1. The number of carbonyl (C=O) groups excluding carboxylic acids is 5. The lowest BCUT2D eigenvalue weighted by Gasteiger charge is -2.39. The summed E-state index contributed by atoms with van der Waals surface area (Å²) in [5.74, 6) is -4.62. The van der Waals surface area contributed by atoms with E-state index in [0.717, 1.165) is 42.7 Å². The van der Waals surface area contributed by atoms with E-state index >= 15 is 0 Å². The second-order valence-corrected chi connectivity index (χ2v) is 17.9. The van der Waals surface area contributed by atoms with Gasteiger partial charge in [0.25, 0.3) is 5.91 Å². The summed E-state index contributed by atoms with van der Waals surface area (Å²) in [6, 6.07) is 5.69. The van der Waals surface area contributed by atoms with Crippen LogP contribution in [0.15, 0.2) is 29.6 Å². The summed E-state index contributed by atoms with van der Waals surface area (Å²) < 4.78 is 11.6. The van der Waals surface area contributed by atoms with E-state index in [0.29, 0.717) is 23.5 Å². The molecule has 0 saturated carbocycles. The van der Waals surface area contributed by atoms with Gasteiger partial charge in [0.2, 0.25) is 5.91 Å². The average Bonchev–Trinajstić information content (AvgIpc) is 3.67. The predicted molar refractivity (Wildman–Crippen MR) is 227 cm³/mol. The fourth-order valence-corrected chi connectivity index (χ4v) is 8.40. The van der Waals surface area contributed by atoms with Gasteiger partial charge in [-0.25, -0.2) is 4.98 Å². The van der Waals surface area contributed by atoms with Crippen LogP contribution in [0.5, 0.6) is 0 Å². The number of nitrogen functional groups attached to an aromatic ring is 1. The minimum Gasteiger partial charge on any atom is -0.481 e. The number of nitrogens with zero attached hydrogens (tertiary/aromatic N) is 3. The summed E-state index contributed by atoms with van der Waals surface area (Å²) in [7, 11) is 1.94. The van der Waals surface area contributed by atoms with E-state index in [1.54, 1.807) is 24.4 Å². The highest BCUT2D eigenvalue weighted by Crippen LogP contribution is 2.34. The van der Waals surface area contributed by atoms with Gasteiger partial charge in [-0.05, 0) is 74.7 Å². The van der Waals surface area contributed by atoms with Gasteiger partial charge in [-0.15, -0.1) is 11.3 Å². The zero-order valence-electron chi connectivity index (χ0n) is 36.4. The molecule has 328 valence electrons. The number of amides is 2. The molecule has 1 unspecified atom stereocenters. The molecule has 1 aliphatic rings. The highest BCUT2D eigenvalue weighted by atomic mass is 32.1. The maximum atomic E-state index is 14.9. The van der Waals surface area contributed by atoms with Gasteiger partial charge in [0, 0.05) is 55.3 Å². The lowest BCUT2D eigenvalue weighted by Crippen LogP contribution is -2.50. The van der Waals surface area contributed by atoms with Crippen LogP contribution in [0.1, 0.15) is 134 Å². The second kappa shape index (κ2) is 23.4. The summed E-state index contributed by atoms with van der Waals surface area (Å²) in [5.41, 5.74) is 7.36. The Labute approximate surface area is 354 Å². The highest BCUT2D eigenvalue weighted by molar-refractivity contribution is 7.09. The van der Waals surface area contributed by atoms with Crippen molar-refractivity contribution in [1.29, 1.82) is 0 Å². The molecular weight excluding hydrogens is 775 g/mol. The molecule has 2 aromatic rings. The van der Waals surface area contributed by atoms with Crippen molar-refractivity contribution in [2.75, 3.05) is 26.1 Å². The zero-order valence-corrected chi connectivity index (χ0v) is 37.2. The number of likely N-dealkylation sites (N-methyl/N-ethyl adjacent to an activating group) is 1. The molecular formula is C44H67N5O9S. The van der Waals surface area contributed by atoms with Crippen molar-refractivity contribution in [3.05, 3.63) is 45.9 Å². The predicted octanol–water partition coefficient (Wildman–Crippen LogP) is 6.68. The largest absolute Gasteiger partial charge is 0.481 e. The number of hydrogen-bond donors (Lipinski definition) is 3. The van der Waals surface area contributed by atoms with Crippen molar-refractivity contribution in [2.24, 2.45) is 29.6 Å². The Hall–Kier alpha value is -4.37. The van der Waals surface area contributed by atoms with Crippen LogP contribution in [-0.2, 0) is 39.9 Å². The summed E-state index contributed by atoms with van der Waals surface area (Å²) in [6.45, 7) is 14.9. The third kappa shape index (κ3) is 15.3. The fraction of sp³-hybridized carbons (Fsp3) is 0.659. The molecule has 2 heterocycles. The number of esters is 2. The molecule has 4 N–H and O–H groups in total. The summed E-state index contributed by atoms with van der Waals surface area (Å²) in [5, 5.41) is 14.4. The third-order valence-electron chi connectivity index (χ3n) is 11.3. The van der Waals surface area contributed by atoms with Crippen molar-refractivity contribution >= 4 is 52.5 Å². The van der Waals surface area contributed by atoms with Crippen LogP contribution in [0.4, 0.5) is 5.69 Å². The van der Waals surface area contributed by atoms with E-state index in [9.17, 15) is 33.9 Å². The van der Waals surface area contributed by atoms with Gasteiger partial charge in [0.15, 0.2) is 18.6 Å². The Kier molecular flexibility index (Phi) is 19.5. The van der Waals surface area contributed by atoms with Crippen LogP contribution in [0.3, 0.4) is 0 Å². The molecule has 0 aliphatic carbocycles. The van der Waals surface area contributed by atoms with Crippen LogP contribution in [-0.4, -0.2) is 93.8 Å². The molecule has 0 radical (unpaired) electrons. The number of hydrogen-bond acceptors (Lipinski definition) is 12. The Balaban J connectivity index is 1.96. The van der Waals surface area contributed by atoms with E-state index in [2.05, 4.69) is 15.2 Å². The van der Waals surface area contributed by atoms with Gasteiger partial charge < -0.3 is 30.5 Å². The van der Waals surface area contributed by atoms with Crippen molar-refractivity contribution in [3.8, 4) is 0 Å². The lowest BCUT2D eigenvalue weighted by atomic mass is 9.82. The molecule has 1 aromatic heterocycles. The SMILES string of the molecule is CC[C@H](C)[C@H](CC(=O)[C@H]1CCCCN1C)C(=O)N(COC(=O)CC(C)C)[C@H](C[C@@H](OC(C)=O)c1nc(C(=O)N[C@@H](Cc2ccc(N)cc2)CC(C)C(=O)O)cs1)C(C)C. The normalized spacial score (nSPS) is 17.6. The number of nitrogens with two attached hydrogens (primary N) is 1. The minimum absolute atomic E-state index is 0.0169. The number of ether oxygens (including phenoxy) is 2. The number of anilines is 1. The minimum atomic E-state index is -0.984. The molecule has 1 aromatic carbocycles. The van der Waals surface area contributed by atoms with Gasteiger partial charge >= 0.3 is 17.9 Å². The molecule has 2 amide bonds. The summed E-state index contributed by atoms with van der Waals surface area (Å²) in [6.07, 6.45) is 3.18. The maximum absolute atomic E-state index is 14.9. The van der Waals surface area contributed by atoms with Gasteiger partial charge in [0.1, 0.15) is 10.7 Å². The first-order valence-corrected chi connectivity index (χ1v) is 21.9. The van der Waals surface area contributed by atoms with E-state index < -0.39 is 53.8 Å². The number of Topliss-reactive ketones (excluding diaryl/α,β-unsaturated/α-hetero) is 1. The molecule has 7 atom stereocenters. The van der Waals surface area contributed by atoms with Crippen molar-refractivity contribution < 1.29 is 43.3 Å². The van der Waals surface area contributed by atoms with E-state index in [1.165, 1.54) is 11.8 Å². The monoisotopic (exact) mass is 841 g/mol. The molecule has 3 rings (SSSR count). The van der Waals surface area contributed by atoms with E-state index in [1.807, 2.05) is 60.7 Å². The second-order valence-electron chi connectivity index (χ2n) is 17.0. The van der Waals surface area contributed by atoms with Crippen LogP contribution in [0, 0.1) is 29.6 Å². The van der Waals surface area contributed by atoms with Crippen molar-refractivity contribution in [1.82, 2.24) is 20.1 Å². The number of ketones is 1. The number of benzene rings is 1. The Morgan fingerprint density at radius 1 is 1.02 bits per heavy atom. The molecule has 1 saturated heterocycles. The molecule has 1 aliphatic heterocycles. The quantitative estimate of drug-likeness (QED) is 0.0611. The van der Waals surface area contributed by atoms with Gasteiger partial charge in [-0.3, -0.25) is 33.7 Å². The highest BCUT2D eigenvalue weighted by Gasteiger charge is 2.39. The van der Waals surface area contributed by atoms with Gasteiger partial charge in [-0.2, -0.15) is 0 Å². The lowest BCUT2D eigenvalue weighted by molar-refractivity contribution is -0.162. The standard InChI is InChI=1S/C44H67N5O9S/c1-10-28(6)34(22-38(51)36-13-11-12-18-48(36)9)43(54)49(25-57-40(52)19-26(2)3)37(27(4)5)23-39(58-30(8)50)42-47-35(24-59-42)41(53)46-33(20-29(7)44(55)56)21-31-14-16-32(45)17-15-31/h14-17,24,26-29,33-34,36-37,39H,10-13,18-23,25,45H2,1-9H3,(H,46,53)(H,55,56)/t28-,29?,33+,34-,36+,37+,39+/m0/s1. The van der Waals surface area contributed by atoms with Crippen LogP contribution in [0.25, 0.3) is 0 Å². The number of rotatable bonds is 23. The summed E-state index contributed by atoms with van der Waals surface area (Å²) in [4.78, 5) is 87.9. The van der Waals surface area contributed by atoms with Crippen LogP contribution in [0.2, 0.25) is 0 Å².